The molecule has 0 spiro atoms. The maximum Gasteiger partial charge on any atom is 0.226 e. The first kappa shape index (κ1) is 13.1. The van der Waals surface area contributed by atoms with Crippen molar-refractivity contribution in [2.24, 2.45) is 0 Å². The number of rotatable bonds is 6. The quantitative estimate of drug-likeness (QED) is 0.805. The molecule has 1 fully saturated rings. The van der Waals surface area contributed by atoms with Gasteiger partial charge < -0.3 is 15.4 Å². The molecule has 100 valence electrons. The Balaban J connectivity index is 1.83. The molecule has 2 N–H and O–H groups in total. The normalized spacial score (nSPS) is 18.9. The summed E-state index contributed by atoms with van der Waals surface area (Å²) >= 11 is 0. The smallest absolute Gasteiger partial charge is 0.226 e. The zero-order chi connectivity index (χ0) is 12.8. The molecule has 18 heavy (non-hydrogen) atoms. The summed E-state index contributed by atoms with van der Waals surface area (Å²) in [6.07, 6.45) is 3.68. The van der Waals surface area contributed by atoms with Crippen LogP contribution >= 0.6 is 0 Å². The topological polar surface area (TPSA) is 59.1 Å². The second-order valence-corrected chi connectivity index (χ2v) is 4.61. The lowest BCUT2D eigenvalue weighted by Crippen LogP contribution is -2.24. The fourth-order valence-corrected chi connectivity index (χ4v) is 2.20. The summed E-state index contributed by atoms with van der Waals surface area (Å²) in [5, 5.41) is 6.75. The molecular formula is C13H22N4O. The van der Waals surface area contributed by atoms with Gasteiger partial charge in [-0.1, -0.05) is 0 Å². The number of aryl methyl sites for hydroxylation is 1. The molecule has 5 heteroatoms. The molecular weight excluding hydrogens is 228 g/mol. The summed E-state index contributed by atoms with van der Waals surface area (Å²) in [5.41, 5.74) is 0.926. The molecule has 0 amide bonds. The highest BCUT2D eigenvalue weighted by atomic mass is 16.5. The summed E-state index contributed by atoms with van der Waals surface area (Å²) < 4.78 is 5.40. The molecule has 5 nitrogen and oxygen atoms in total. The van der Waals surface area contributed by atoms with E-state index in [1.807, 2.05) is 19.9 Å². The Morgan fingerprint density at radius 3 is 3.11 bits per heavy atom. The molecule has 1 aliphatic heterocycles. The highest BCUT2D eigenvalue weighted by Gasteiger charge is 2.13. The Labute approximate surface area is 108 Å². The van der Waals surface area contributed by atoms with Gasteiger partial charge in [-0.2, -0.15) is 4.98 Å². The Morgan fingerprint density at radius 1 is 1.50 bits per heavy atom. The Kier molecular flexibility index (Phi) is 4.75. The van der Waals surface area contributed by atoms with Crippen LogP contribution in [0.5, 0.6) is 5.88 Å². The summed E-state index contributed by atoms with van der Waals surface area (Å²) in [5.74, 6) is 1.31. The molecule has 1 atom stereocenters. The van der Waals surface area contributed by atoms with E-state index in [1.54, 1.807) is 0 Å². The van der Waals surface area contributed by atoms with Gasteiger partial charge in [-0.15, -0.1) is 0 Å². The van der Waals surface area contributed by atoms with Gasteiger partial charge in [0.15, 0.2) is 0 Å². The molecule has 1 aromatic rings. The minimum atomic E-state index is 0.627. The van der Waals surface area contributed by atoms with Crippen LogP contribution in [0.4, 0.5) is 5.95 Å². The highest BCUT2D eigenvalue weighted by Crippen LogP contribution is 2.13. The lowest BCUT2D eigenvalue weighted by molar-refractivity contribution is 0.326. The van der Waals surface area contributed by atoms with Crippen LogP contribution in [-0.4, -0.2) is 35.7 Å². The van der Waals surface area contributed by atoms with E-state index in [-0.39, 0.29) is 0 Å². The molecule has 1 aliphatic rings. The maximum atomic E-state index is 5.40. The van der Waals surface area contributed by atoms with E-state index in [1.165, 1.54) is 12.8 Å². The van der Waals surface area contributed by atoms with Gasteiger partial charge in [-0.3, -0.25) is 0 Å². The van der Waals surface area contributed by atoms with Crippen LogP contribution in [0.25, 0.3) is 0 Å². The van der Waals surface area contributed by atoms with Gasteiger partial charge >= 0.3 is 0 Å². The monoisotopic (exact) mass is 250 g/mol. The van der Waals surface area contributed by atoms with Gasteiger partial charge in [-0.05, 0) is 39.7 Å². The van der Waals surface area contributed by atoms with Crippen LogP contribution in [0, 0.1) is 6.92 Å². The van der Waals surface area contributed by atoms with Crippen LogP contribution in [0.3, 0.4) is 0 Å². The van der Waals surface area contributed by atoms with Crippen molar-refractivity contribution >= 4 is 5.95 Å². The van der Waals surface area contributed by atoms with Gasteiger partial charge in [0.1, 0.15) is 0 Å². The molecule has 0 radical (unpaired) electrons. The van der Waals surface area contributed by atoms with E-state index in [2.05, 4.69) is 20.6 Å². The molecule has 1 saturated heterocycles. The number of aromatic nitrogens is 2. The largest absolute Gasteiger partial charge is 0.478 e. The fraction of sp³-hybridized carbons (Fsp3) is 0.692. The predicted molar refractivity (Wildman–Crippen MR) is 72.1 cm³/mol. The average molecular weight is 250 g/mol. The second-order valence-electron chi connectivity index (χ2n) is 4.61. The minimum absolute atomic E-state index is 0.627. The second kappa shape index (κ2) is 6.54. The molecule has 0 saturated carbocycles. The van der Waals surface area contributed by atoms with Crippen LogP contribution < -0.4 is 15.4 Å². The van der Waals surface area contributed by atoms with Crippen molar-refractivity contribution in [3.8, 4) is 5.88 Å². The molecule has 0 aliphatic carbocycles. The van der Waals surface area contributed by atoms with E-state index in [9.17, 15) is 0 Å². The molecule has 0 unspecified atom stereocenters. The van der Waals surface area contributed by atoms with Crippen molar-refractivity contribution in [2.75, 3.05) is 25.0 Å². The van der Waals surface area contributed by atoms with E-state index >= 15 is 0 Å². The van der Waals surface area contributed by atoms with Crippen LogP contribution in [0.2, 0.25) is 0 Å². The SMILES string of the molecule is CCOc1cc(C)nc(NCC[C@@H]2CCCN2)n1. The summed E-state index contributed by atoms with van der Waals surface area (Å²) in [6.45, 7) is 6.58. The predicted octanol–water partition coefficient (Wildman–Crippen LogP) is 1.74. The van der Waals surface area contributed by atoms with E-state index in [4.69, 9.17) is 4.74 Å². The van der Waals surface area contributed by atoms with Crippen molar-refractivity contribution in [3.63, 3.8) is 0 Å². The zero-order valence-electron chi connectivity index (χ0n) is 11.2. The number of nitrogens with zero attached hydrogens (tertiary/aromatic N) is 2. The highest BCUT2D eigenvalue weighted by molar-refractivity contribution is 5.30. The first-order chi connectivity index (χ1) is 8.78. The van der Waals surface area contributed by atoms with Crippen molar-refractivity contribution in [1.82, 2.24) is 15.3 Å². The number of ether oxygens (including phenoxy) is 1. The van der Waals surface area contributed by atoms with Gasteiger partial charge in [0.05, 0.1) is 6.61 Å². The van der Waals surface area contributed by atoms with Crippen molar-refractivity contribution in [2.45, 2.75) is 39.2 Å². The first-order valence-corrected chi connectivity index (χ1v) is 6.73. The fourth-order valence-electron chi connectivity index (χ4n) is 2.20. The lowest BCUT2D eigenvalue weighted by atomic mass is 10.1. The van der Waals surface area contributed by atoms with E-state index in [0.717, 1.165) is 25.2 Å². The van der Waals surface area contributed by atoms with Crippen LogP contribution in [0.15, 0.2) is 6.07 Å². The van der Waals surface area contributed by atoms with Crippen molar-refractivity contribution in [1.29, 1.82) is 0 Å². The van der Waals surface area contributed by atoms with Gasteiger partial charge in [-0.25, -0.2) is 4.98 Å². The molecule has 0 aromatic carbocycles. The van der Waals surface area contributed by atoms with Gasteiger partial charge in [0.25, 0.3) is 0 Å². The molecule has 2 heterocycles. The summed E-state index contributed by atoms with van der Waals surface area (Å²) in [6, 6.07) is 2.50. The Bertz CT molecular complexity index is 377. The van der Waals surface area contributed by atoms with Gasteiger partial charge in [0.2, 0.25) is 11.8 Å². The van der Waals surface area contributed by atoms with E-state index in [0.29, 0.717) is 24.5 Å². The van der Waals surface area contributed by atoms with Gasteiger partial charge in [0, 0.05) is 24.3 Å². The summed E-state index contributed by atoms with van der Waals surface area (Å²) in [4.78, 5) is 8.68. The van der Waals surface area contributed by atoms with Crippen molar-refractivity contribution in [3.05, 3.63) is 11.8 Å². The number of anilines is 1. The van der Waals surface area contributed by atoms with E-state index < -0.39 is 0 Å². The third kappa shape index (κ3) is 3.84. The third-order valence-electron chi connectivity index (χ3n) is 3.06. The zero-order valence-corrected chi connectivity index (χ0v) is 11.2. The first-order valence-electron chi connectivity index (χ1n) is 6.73. The third-order valence-corrected chi connectivity index (χ3v) is 3.06. The maximum absolute atomic E-state index is 5.40. The molecule has 1 aromatic heterocycles. The average Bonchev–Trinajstić information content (AvgIpc) is 2.82. The molecule has 0 bridgehead atoms. The number of nitrogens with one attached hydrogen (secondary N) is 2. The minimum Gasteiger partial charge on any atom is -0.478 e. The Morgan fingerprint density at radius 2 is 2.39 bits per heavy atom. The van der Waals surface area contributed by atoms with Crippen LogP contribution in [0.1, 0.15) is 31.9 Å². The number of hydrogen-bond acceptors (Lipinski definition) is 5. The lowest BCUT2D eigenvalue weighted by Gasteiger charge is -2.11. The van der Waals surface area contributed by atoms with Crippen LogP contribution in [-0.2, 0) is 0 Å². The Hall–Kier alpha value is -1.36. The standard InChI is InChI=1S/C13H22N4O/c1-3-18-12-9-10(2)16-13(17-12)15-8-6-11-5-4-7-14-11/h9,11,14H,3-8H2,1-2H3,(H,15,16,17)/t11-/m0/s1. The number of hydrogen-bond donors (Lipinski definition) is 2. The van der Waals surface area contributed by atoms with Crippen molar-refractivity contribution < 1.29 is 4.74 Å². The molecule has 2 rings (SSSR count). The summed E-state index contributed by atoms with van der Waals surface area (Å²) in [7, 11) is 0.